The van der Waals surface area contributed by atoms with Crippen molar-refractivity contribution in [1.29, 1.82) is 5.26 Å². The Balaban J connectivity index is 1.53. The largest absolute Gasteiger partial charge is 0.380 e. The van der Waals surface area contributed by atoms with Crippen molar-refractivity contribution >= 4 is 22.6 Å². The number of H-pyrrole nitrogens is 1. The van der Waals surface area contributed by atoms with Crippen molar-refractivity contribution in [3.8, 4) is 6.07 Å². The zero-order chi connectivity index (χ0) is 17.9. The highest BCUT2D eigenvalue weighted by atomic mass is 16.1. The molecule has 6 nitrogen and oxygen atoms in total. The summed E-state index contributed by atoms with van der Waals surface area (Å²) in [5.74, 6) is 1.61. The average molecular weight is 349 g/mol. The van der Waals surface area contributed by atoms with Crippen LogP contribution in [0.4, 0.5) is 5.69 Å². The summed E-state index contributed by atoms with van der Waals surface area (Å²) in [4.78, 5) is 19.9. The summed E-state index contributed by atoms with van der Waals surface area (Å²) < 4.78 is 0. The number of hydrogen-bond donors (Lipinski definition) is 3. The van der Waals surface area contributed by atoms with Crippen LogP contribution in [0.25, 0.3) is 11.0 Å². The van der Waals surface area contributed by atoms with Gasteiger partial charge in [-0.1, -0.05) is 0 Å². The number of nitrogens with one attached hydrogen (secondary N) is 3. The molecule has 3 N–H and O–H groups in total. The Labute approximate surface area is 152 Å². The van der Waals surface area contributed by atoms with E-state index in [4.69, 9.17) is 0 Å². The third-order valence-corrected chi connectivity index (χ3v) is 6.88. The number of carbonyl (C=O) groups is 1. The molecule has 4 aliphatic rings. The maximum absolute atomic E-state index is 12.4. The molecule has 0 aromatic carbocycles. The minimum absolute atomic E-state index is 0.0973. The lowest BCUT2D eigenvalue weighted by atomic mass is 9.48. The summed E-state index contributed by atoms with van der Waals surface area (Å²) in [6, 6.07) is 4.96. The van der Waals surface area contributed by atoms with Crippen molar-refractivity contribution in [3.05, 3.63) is 24.0 Å². The molecule has 6 rings (SSSR count). The standard InChI is InChI=1S/C20H23N5O/c1-22-19(26)15-9-24-18-14(2-3-23-18)17(15)25-16-12-4-11-5-13(16)8-20(6-11,7-12)10-21/h2-3,9,11-13,16H,4-8H2,1H3,(H,22,26)(H2,23,24,25). The molecule has 0 aliphatic heterocycles. The van der Waals surface area contributed by atoms with Gasteiger partial charge in [0.05, 0.1) is 22.7 Å². The quantitative estimate of drug-likeness (QED) is 0.794. The van der Waals surface area contributed by atoms with Crippen LogP contribution < -0.4 is 10.6 Å². The molecule has 2 aromatic heterocycles. The fraction of sp³-hybridized carbons (Fsp3) is 0.550. The van der Waals surface area contributed by atoms with Gasteiger partial charge in [-0.2, -0.15) is 5.26 Å². The van der Waals surface area contributed by atoms with Crippen LogP contribution >= 0.6 is 0 Å². The van der Waals surface area contributed by atoms with E-state index in [9.17, 15) is 10.1 Å². The Morgan fingerprint density at radius 2 is 2.12 bits per heavy atom. The van der Waals surface area contributed by atoms with E-state index in [0.29, 0.717) is 29.4 Å². The van der Waals surface area contributed by atoms with Crippen molar-refractivity contribution in [2.75, 3.05) is 12.4 Å². The summed E-state index contributed by atoms with van der Waals surface area (Å²) in [6.07, 6.45) is 8.98. The minimum Gasteiger partial charge on any atom is -0.380 e. The van der Waals surface area contributed by atoms with E-state index in [1.165, 1.54) is 12.8 Å². The predicted molar refractivity (Wildman–Crippen MR) is 98.5 cm³/mol. The molecule has 0 saturated heterocycles. The Morgan fingerprint density at radius 1 is 1.35 bits per heavy atom. The van der Waals surface area contributed by atoms with E-state index < -0.39 is 0 Å². The number of nitriles is 1. The molecule has 4 saturated carbocycles. The summed E-state index contributed by atoms with van der Waals surface area (Å²) in [6.45, 7) is 0. The average Bonchev–Trinajstić information content (AvgIpc) is 3.12. The van der Waals surface area contributed by atoms with Crippen LogP contribution in [0.3, 0.4) is 0 Å². The van der Waals surface area contributed by atoms with Crippen LogP contribution in [0, 0.1) is 34.5 Å². The lowest BCUT2D eigenvalue weighted by molar-refractivity contribution is -0.0296. The van der Waals surface area contributed by atoms with Gasteiger partial charge in [-0.05, 0) is 55.9 Å². The van der Waals surface area contributed by atoms with E-state index in [0.717, 1.165) is 36.0 Å². The van der Waals surface area contributed by atoms with E-state index in [2.05, 4.69) is 26.7 Å². The summed E-state index contributed by atoms with van der Waals surface area (Å²) in [5, 5.41) is 17.2. The van der Waals surface area contributed by atoms with Gasteiger partial charge in [-0.15, -0.1) is 0 Å². The second-order valence-corrected chi connectivity index (χ2v) is 8.40. The van der Waals surface area contributed by atoms with Gasteiger partial charge >= 0.3 is 0 Å². The molecule has 4 fully saturated rings. The summed E-state index contributed by atoms with van der Waals surface area (Å²) in [5.41, 5.74) is 2.15. The fourth-order valence-corrected chi connectivity index (χ4v) is 6.03. The van der Waals surface area contributed by atoms with Gasteiger partial charge in [0, 0.05) is 30.9 Å². The van der Waals surface area contributed by atoms with Gasteiger partial charge in [-0.25, -0.2) is 4.98 Å². The first-order valence-electron chi connectivity index (χ1n) is 9.48. The molecule has 6 heteroatoms. The maximum atomic E-state index is 12.4. The Kier molecular flexibility index (Phi) is 3.30. The number of hydrogen-bond acceptors (Lipinski definition) is 4. The molecule has 2 unspecified atom stereocenters. The van der Waals surface area contributed by atoms with Gasteiger partial charge in [0.1, 0.15) is 5.65 Å². The Morgan fingerprint density at radius 3 is 2.81 bits per heavy atom. The van der Waals surface area contributed by atoms with Crippen LogP contribution in [0.5, 0.6) is 0 Å². The van der Waals surface area contributed by atoms with E-state index in [1.807, 2.05) is 12.3 Å². The molecule has 4 aliphatic carbocycles. The highest BCUT2D eigenvalue weighted by Crippen LogP contribution is 2.60. The van der Waals surface area contributed by atoms with Gasteiger partial charge in [0.15, 0.2) is 0 Å². The Hall–Kier alpha value is -2.55. The van der Waals surface area contributed by atoms with Crippen LogP contribution in [0.15, 0.2) is 18.5 Å². The fourth-order valence-electron chi connectivity index (χ4n) is 6.03. The highest BCUT2D eigenvalue weighted by molar-refractivity contribution is 6.06. The Bertz CT molecular complexity index is 910. The van der Waals surface area contributed by atoms with Crippen LogP contribution in [-0.2, 0) is 0 Å². The number of carbonyl (C=O) groups excluding carboxylic acids is 1. The van der Waals surface area contributed by atoms with E-state index in [-0.39, 0.29) is 11.3 Å². The normalized spacial score (nSPS) is 34.6. The first-order valence-corrected chi connectivity index (χ1v) is 9.48. The van der Waals surface area contributed by atoms with Crippen LogP contribution in [-0.4, -0.2) is 29.0 Å². The maximum Gasteiger partial charge on any atom is 0.254 e. The number of anilines is 1. The number of nitrogens with zero attached hydrogens (tertiary/aromatic N) is 2. The van der Waals surface area contributed by atoms with Crippen molar-refractivity contribution < 1.29 is 4.79 Å². The van der Waals surface area contributed by atoms with E-state index in [1.54, 1.807) is 13.2 Å². The number of aromatic amines is 1. The number of fused-ring (bicyclic) bond motifs is 1. The summed E-state index contributed by atoms with van der Waals surface area (Å²) >= 11 is 0. The topological polar surface area (TPSA) is 93.6 Å². The van der Waals surface area contributed by atoms with Crippen molar-refractivity contribution in [2.24, 2.45) is 23.2 Å². The molecule has 134 valence electrons. The summed E-state index contributed by atoms with van der Waals surface area (Å²) in [7, 11) is 1.65. The second-order valence-electron chi connectivity index (χ2n) is 8.40. The first-order chi connectivity index (χ1) is 12.6. The molecule has 2 heterocycles. The minimum atomic E-state index is -0.125. The van der Waals surface area contributed by atoms with Gasteiger partial charge < -0.3 is 15.6 Å². The molecule has 2 atom stereocenters. The van der Waals surface area contributed by atoms with Gasteiger partial charge in [0.25, 0.3) is 5.91 Å². The smallest absolute Gasteiger partial charge is 0.254 e. The number of aromatic nitrogens is 2. The predicted octanol–water partition coefficient (Wildman–Crippen LogP) is 3.05. The third-order valence-electron chi connectivity index (χ3n) is 6.88. The lowest BCUT2D eigenvalue weighted by Gasteiger charge is -2.57. The molecule has 0 radical (unpaired) electrons. The monoisotopic (exact) mass is 349 g/mol. The highest BCUT2D eigenvalue weighted by Gasteiger charge is 2.55. The third kappa shape index (κ3) is 2.16. The van der Waals surface area contributed by atoms with E-state index >= 15 is 0 Å². The van der Waals surface area contributed by atoms with Gasteiger partial charge in [0.2, 0.25) is 0 Å². The SMILES string of the molecule is CNC(=O)c1cnc2[nH]ccc2c1NC1C2CC3CC1CC(C#N)(C3)C2. The van der Waals surface area contributed by atoms with Crippen LogP contribution in [0.2, 0.25) is 0 Å². The number of rotatable bonds is 3. The molecule has 4 bridgehead atoms. The molecular weight excluding hydrogens is 326 g/mol. The zero-order valence-corrected chi connectivity index (χ0v) is 14.9. The van der Waals surface area contributed by atoms with Crippen LogP contribution in [0.1, 0.15) is 42.5 Å². The zero-order valence-electron chi connectivity index (χ0n) is 14.9. The molecule has 0 spiro atoms. The van der Waals surface area contributed by atoms with Crippen molar-refractivity contribution in [1.82, 2.24) is 15.3 Å². The molecule has 2 aromatic rings. The number of pyridine rings is 1. The van der Waals surface area contributed by atoms with Crippen molar-refractivity contribution in [3.63, 3.8) is 0 Å². The lowest BCUT2D eigenvalue weighted by Crippen LogP contribution is -2.55. The van der Waals surface area contributed by atoms with Gasteiger partial charge in [-0.3, -0.25) is 4.79 Å². The molecule has 1 amide bonds. The molecule has 26 heavy (non-hydrogen) atoms. The first kappa shape index (κ1) is 15.7. The number of amides is 1. The van der Waals surface area contributed by atoms with Crippen molar-refractivity contribution in [2.45, 2.75) is 38.1 Å². The molecular formula is C20H23N5O. The second kappa shape index (κ2) is 5.47.